The number of nitrogens with two attached hydrogens (primary N) is 1. The van der Waals surface area contributed by atoms with E-state index in [9.17, 15) is 4.79 Å². The largest absolute Gasteiger partial charge is 0.359 e. The average molecular weight is 250 g/mol. The molecule has 0 aromatic carbocycles. The van der Waals surface area contributed by atoms with Crippen LogP contribution in [0.25, 0.3) is 0 Å². The Balaban J connectivity index is 1.91. The van der Waals surface area contributed by atoms with E-state index in [-0.39, 0.29) is 12.5 Å². The molecule has 0 saturated carbocycles. The predicted molar refractivity (Wildman–Crippen MR) is 61.3 cm³/mol. The molecule has 0 fully saturated rings. The van der Waals surface area contributed by atoms with Gasteiger partial charge in [-0.2, -0.15) is 0 Å². The van der Waals surface area contributed by atoms with Gasteiger partial charge in [-0.05, 0) is 6.92 Å². The Morgan fingerprint density at radius 3 is 3.11 bits per heavy atom. The van der Waals surface area contributed by atoms with Gasteiger partial charge in [0.25, 0.3) is 0 Å². The number of rotatable bonds is 5. The minimum Gasteiger partial charge on any atom is -0.359 e. The monoisotopic (exact) mass is 250 g/mol. The first kappa shape index (κ1) is 12.2. The maximum Gasteiger partial charge on any atom is 0.234 e. The lowest BCUT2D eigenvalue weighted by Crippen LogP contribution is -2.29. The summed E-state index contributed by atoms with van der Waals surface area (Å²) < 4.78 is 6.68. The van der Waals surface area contributed by atoms with Crippen molar-refractivity contribution in [2.24, 2.45) is 5.73 Å². The Morgan fingerprint density at radius 2 is 2.44 bits per heavy atom. The molecule has 8 heteroatoms. The van der Waals surface area contributed by atoms with Crippen LogP contribution in [0.1, 0.15) is 17.1 Å². The maximum absolute atomic E-state index is 11.0. The second-order valence-corrected chi connectivity index (χ2v) is 3.82. The molecule has 0 unspecified atom stereocenters. The fraction of sp³-hybridized carbons (Fsp3) is 0.400. The van der Waals surface area contributed by atoms with Gasteiger partial charge in [0.1, 0.15) is 12.2 Å². The highest BCUT2D eigenvalue weighted by Crippen LogP contribution is 2.04. The molecule has 2 heterocycles. The number of carbonyl (C=O) groups is 1. The number of hydrogen-bond acceptors (Lipinski definition) is 6. The molecule has 0 spiro atoms. The van der Waals surface area contributed by atoms with Crippen molar-refractivity contribution in [1.82, 2.24) is 25.5 Å². The number of nitrogens with one attached hydrogen (secondary N) is 1. The van der Waals surface area contributed by atoms with E-state index in [1.165, 1.54) is 0 Å². The highest BCUT2D eigenvalue weighted by molar-refractivity contribution is 5.77. The molecular weight excluding hydrogens is 236 g/mol. The second-order valence-electron chi connectivity index (χ2n) is 3.82. The zero-order valence-corrected chi connectivity index (χ0v) is 9.96. The van der Waals surface area contributed by atoms with Crippen molar-refractivity contribution in [2.45, 2.75) is 20.0 Å². The summed E-state index contributed by atoms with van der Waals surface area (Å²) in [5, 5.41) is 14.2. The van der Waals surface area contributed by atoms with Crippen LogP contribution in [0.4, 0.5) is 0 Å². The van der Waals surface area contributed by atoms with E-state index in [0.29, 0.717) is 24.5 Å². The molecule has 0 aliphatic heterocycles. The lowest BCUT2D eigenvalue weighted by atomic mass is 10.4. The van der Waals surface area contributed by atoms with Crippen LogP contribution in [-0.4, -0.2) is 32.6 Å². The molecule has 96 valence electrons. The smallest absolute Gasteiger partial charge is 0.234 e. The van der Waals surface area contributed by atoms with Crippen LogP contribution in [0, 0.1) is 6.92 Å². The van der Waals surface area contributed by atoms with Crippen LogP contribution in [0.15, 0.2) is 16.8 Å². The number of hydrogen-bond donors (Lipinski definition) is 2. The van der Waals surface area contributed by atoms with Gasteiger partial charge in [0.2, 0.25) is 5.91 Å². The minimum absolute atomic E-state index is 0.0362. The molecule has 2 aromatic rings. The van der Waals surface area contributed by atoms with Gasteiger partial charge in [-0.3, -0.25) is 4.79 Å². The molecule has 8 nitrogen and oxygen atoms in total. The summed E-state index contributed by atoms with van der Waals surface area (Å²) in [6, 6.07) is 1.83. The van der Waals surface area contributed by atoms with Crippen LogP contribution in [0.2, 0.25) is 0 Å². The standard InChI is InChI=1S/C10H14N6O2/c1-7-2-9(18-14-7)6-16-5-8(13-15-16)4-12-10(17)3-11/h2,5H,3-4,6,11H2,1H3,(H,12,17). The van der Waals surface area contributed by atoms with Crippen LogP contribution >= 0.6 is 0 Å². The summed E-state index contributed by atoms with van der Waals surface area (Å²) in [5.41, 5.74) is 6.65. The normalized spacial score (nSPS) is 10.6. The first-order valence-electron chi connectivity index (χ1n) is 5.45. The van der Waals surface area contributed by atoms with Gasteiger partial charge >= 0.3 is 0 Å². The number of nitrogens with zero attached hydrogens (tertiary/aromatic N) is 4. The van der Waals surface area contributed by atoms with E-state index in [2.05, 4.69) is 20.8 Å². The summed E-state index contributed by atoms with van der Waals surface area (Å²) >= 11 is 0. The summed E-state index contributed by atoms with van der Waals surface area (Å²) in [4.78, 5) is 11.0. The first-order valence-corrected chi connectivity index (χ1v) is 5.45. The molecule has 0 bridgehead atoms. The minimum atomic E-state index is -0.226. The summed E-state index contributed by atoms with van der Waals surface area (Å²) in [6.45, 7) is 2.58. The van der Waals surface area contributed by atoms with Gasteiger partial charge in [0.15, 0.2) is 5.76 Å². The molecule has 1 amide bonds. The maximum atomic E-state index is 11.0. The Labute approximate surface area is 103 Å². The molecule has 0 aliphatic rings. The Bertz CT molecular complexity index is 532. The molecule has 0 radical (unpaired) electrons. The van der Waals surface area contributed by atoms with Crippen molar-refractivity contribution in [3.8, 4) is 0 Å². The van der Waals surface area contributed by atoms with Crippen molar-refractivity contribution in [3.05, 3.63) is 29.4 Å². The Hall–Kier alpha value is -2.22. The first-order chi connectivity index (χ1) is 8.67. The van der Waals surface area contributed by atoms with Crippen LogP contribution in [-0.2, 0) is 17.9 Å². The molecule has 2 rings (SSSR count). The lowest BCUT2D eigenvalue weighted by molar-refractivity contribution is -0.119. The topological polar surface area (TPSA) is 112 Å². The van der Waals surface area contributed by atoms with Gasteiger partial charge in [-0.1, -0.05) is 10.4 Å². The van der Waals surface area contributed by atoms with Crippen molar-refractivity contribution < 1.29 is 9.32 Å². The number of carbonyl (C=O) groups excluding carboxylic acids is 1. The quantitative estimate of drug-likeness (QED) is 0.718. The van der Waals surface area contributed by atoms with Crippen LogP contribution in [0.5, 0.6) is 0 Å². The third kappa shape index (κ3) is 3.14. The Kier molecular flexibility index (Phi) is 3.68. The zero-order valence-electron chi connectivity index (χ0n) is 9.96. The van der Waals surface area contributed by atoms with Gasteiger partial charge in [-0.15, -0.1) is 5.10 Å². The number of amides is 1. The summed E-state index contributed by atoms with van der Waals surface area (Å²) in [7, 11) is 0. The summed E-state index contributed by atoms with van der Waals surface area (Å²) in [6.07, 6.45) is 1.73. The molecule has 2 aromatic heterocycles. The van der Waals surface area contributed by atoms with Crippen molar-refractivity contribution in [1.29, 1.82) is 0 Å². The molecular formula is C10H14N6O2. The fourth-order valence-corrected chi connectivity index (χ4v) is 1.41. The lowest BCUT2D eigenvalue weighted by Gasteiger charge is -1.98. The van der Waals surface area contributed by atoms with E-state index >= 15 is 0 Å². The number of aromatic nitrogens is 4. The van der Waals surface area contributed by atoms with Crippen molar-refractivity contribution in [3.63, 3.8) is 0 Å². The highest BCUT2D eigenvalue weighted by Gasteiger charge is 2.06. The van der Waals surface area contributed by atoms with Crippen LogP contribution in [0.3, 0.4) is 0 Å². The SMILES string of the molecule is Cc1cc(Cn2cc(CNC(=O)CN)nn2)on1. The van der Waals surface area contributed by atoms with Crippen molar-refractivity contribution >= 4 is 5.91 Å². The van der Waals surface area contributed by atoms with E-state index in [0.717, 1.165) is 5.69 Å². The highest BCUT2D eigenvalue weighted by atomic mass is 16.5. The molecule has 0 atom stereocenters. The fourth-order valence-electron chi connectivity index (χ4n) is 1.41. The van der Waals surface area contributed by atoms with Gasteiger partial charge in [-0.25, -0.2) is 4.68 Å². The zero-order chi connectivity index (χ0) is 13.0. The molecule has 18 heavy (non-hydrogen) atoms. The molecule has 3 N–H and O–H groups in total. The van der Waals surface area contributed by atoms with E-state index in [1.54, 1.807) is 10.9 Å². The van der Waals surface area contributed by atoms with E-state index in [1.807, 2.05) is 13.0 Å². The Morgan fingerprint density at radius 1 is 1.61 bits per heavy atom. The summed E-state index contributed by atoms with van der Waals surface area (Å²) in [5.74, 6) is 0.477. The van der Waals surface area contributed by atoms with E-state index < -0.39 is 0 Å². The third-order valence-electron chi connectivity index (χ3n) is 2.23. The van der Waals surface area contributed by atoms with Gasteiger partial charge < -0.3 is 15.6 Å². The number of aryl methyl sites for hydroxylation is 1. The molecule has 0 saturated heterocycles. The van der Waals surface area contributed by atoms with Gasteiger partial charge in [0, 0.05) is 6.07 Å². The van der Waals surface area contributed by atoms with Crippen LogP contribution < -0.4 is 11.1 Å². The third-order valence-corrected chi connectivity index (χ3v) is 2.23. The second kappa shape index (κ2) is 5.41. The van der Waals surface area contributed by atoms with Crippen molar-refractivity contribution in [2.75, 3.05) is 6.54 Å². The average Bonchev–Trinajstić information content (AvgIpc) is 2.96. The van der Waals surface area contributed by atoms with Gasteiger partial charge in [0.05, 0.1) is 25.0 Å². The molecule has 0 aliphatic carbocycles. The van der Waals surface area contributed by atoms with E-state index in [4.69, 9.17) is 10.3 Å². The predicted octanol–water partition coefficient (Wildman–Crippen LogP) is -0.802.